The molecule has 5 nitrogen and oxygen atoms in total. The van der Waals surface area contributed by atoms with E-state index in [-0.39, 0.29) is 11.9 Å². The van der Waals surface area contributed by atoms with Crippen LogP contribution in [0.3, 0.4) is 0 Å². The van der Waals surface area contributed by atoms with Crippen molar-refractivity contribution in [1.29, 1.82) is 0 Å². The Morgan fingerprint density at radius 1 is 1.35 bits per heavy atom. The normalized spacial score (nSPS) is 12.3. The number of ether oxygens (including phenoxy) is 2. The molecule has 126 valence electrons. The SMILES string of the molecule is CCCC(C)NC(=O)c1cc(OCCOC)c2cc(Br)oc2c1. The van der Waals surface area contributed by atoms with Crippen LogP contribution in [0.5, 0.6) is 5.75 Å². The van der Waals surface area contributed by atoms with E-state index in [2.05, 4.69) is 28.2 Å². The van der Waals surface area contributed by atoms with Crippen LogP contribution in [0.2, 0.25) is 0 Å². The molecule has 0 spiro atoms. The molecule has 2 rings (SSSR count). The minimum absolute atomic E-state index is 0.128. The lowest BCUT2D eigenvalue weighted by Crippen LogP contribution is -2.32. The molecule has 6 heteroatoms. The molecule has 1 heterocycles. The summed E-state index contributed by atoms with van der Waals surface area (Å²) >= 11 is 3.32. The van der Waals surface area contributed by atoms with Crippen LogP contribution in [0, 0.1) is 0 Å². The van der Waals surface area contributed by atoms with Crippen molar-refractivity contribution in [3.05, 3.63) is 28.4 Å². The standard InChI is InChI=1S/C17H22BrNO4/c1-4-5-11(2)19-17(20)12-8-14(22-7-6-21-3)13-10-16(18)23-15(13)9-12/h8-11H,4-7H2,1-3H3,(H,19,20). The second-order valence-corrected chi connectivity index (χ2v) is 6.22. The number of nitrogens with one attached hydrogen (secondary N) is 1. The fraction of sp³-hybridized carbons (Fsp3) is 0.471. The fourth-order valence-electron chi connectivity index (χ4n) is 2.37. The molecule has 0 bridgehead atoms. The third-order valence-corrected chi connectivity index (χ3v) is 3.87. The van der Waals surface area contributed by atoms with Gasteiger partial charge in [-0.1, -0.05) is 13.3 Å². The summed E-state index contributed by atoms with van der Waals surface area (Å²) in [7, 11) is 1.62. The largest absolute Gasteiger partial charge is 0.490 e. The van der Waals surface area contributed by atoms with Gasteiger partial charge in [0, 0.05) is 24.8 Å². The van der Waals surface area contributed by atoms with Gasteiger partial charge >= 0.3 is 0 Å². The van der Waals surface area contributed by atoms with Crippen molar-refractivity contribution >= 4 is 32.8 Å². The van der Waals surface area contributed by atoms with Gasteiger partial charge in [-0.25, -0.2) is 0 Å². The summed E-state index contributed by atoms with van der Waals surface area (Å²) in [6.07, 6.45) is 1.97. The summed E-state index contributed by atoms with van der Waals surface area (Å²) < 4.78 is 16.9. The van der Waals surface area contributed by atoms with Gasteiger partial charge in [0.15, 0.2) is 4.67 Å². The van der Waals surface area contributed by atoms with Crippen molar-refractivity contribution in [3.63, 3.8) is 0 Å². The maximum Gasteiger partial charge on any atom is 0.251 e. The Hall–Kier alpha value is -1.53. The first-order valence-corrected chi connectivity index (χ1v) is 8.50. The minimum Gasteiger partial charge on any atom is -0.490 e. The van der Waals surface area contributed by atoms with Crippen LogP contribution in [0.25, 0.3) is 11.0 Å². The maximum absolute atomic E-state index is 12.4. The smallest absolute Gasteiger partial charge is 0.251 e. The molecule has 0 saturated heterocycles. The van der Waals surface area contributed by atoms with Gasteiger partial charge in [-0.3, -0.25) is 4.79 Å². The van der Waals surface area contributed by atoms with Crippen molar-refractivity contribution in [2.45, 2.75) is 32.7 Å². The van der Waals surface area contributed by atoms with E-state index in [4.69, 9.17) is 13.9 Å². The van der Waals surface area contributed by atoms with Crippen LogP contribution >= 0.6 is 15.9 Å². The molecule has 0 saturated carbocycles. The van der Waals surface area contributed by atoms with Crippen molar-refractivity contribution in [2.75, 3.05) is 20.3 Å². The molecule has 1 atom stereocenters. The van der Waals surface area contributed by atoms with E-state index in [1.54, 1.807) is 19.2 Å². The number of rotatable bonds is 8. The monoisotopic (exact) mass is 383 g/mol. The van der Waals surface area contributed by atoms with E-state index in [1.807, 2.05) is 13.0 Å². The van der Waals surface area contributed by atoms with Gasteiger partial charge in [0.1, 0.15) is 17.9 Å². The highest BCUT2D eigenvalue weighted by molar-refractivity contribution is 9.10. The first-order valence-electron chi connectivity index (χ1n) is 7.70. The first-order chi connectivity index (χ1) is 11.0. The highest BCUT2D eigenvalue weighted by Crippen LogP contribution is 2.32. The number of hydrogen-bond donors (Lipinski definition) is 1. The number of halogens is 1. The predicted octanol–water partition coefficient (Wildman–Crippen LogP) is 4.14. The molecule has 0 radical (unpaired) electrons. The van der Waals surface area contributed by atoms with Crippen molar-refractivity contribution in [1.82, 2.24) is 5.32 Å². The molecular formula is C17H22BrNO4. The molecule has 1 aromatic carbocycles. The summed E-state index contributed by atoms with van der Waals surface area (Å²) in [6.45, 7) is 4.98. The quantitative estimate of drug-likeness (QED) is 0.695. The third kappa shape index (κ3) is 4.72. The summed E-state index contributed by atoms with van der Waals surface area (Å²) in [5.41, 5.74) is 1.13. The van der Waals surface area contributed by atoms with Gasteiger partial charge in [0.05, 0.1) is 12.0 Å². The van der Waals surface area contributed by atoms with Gasteiger partial charge in [-0.05, 0) is 41.4 Å². The van der Waals surface area contributed by atoms with Crippen LogP contribution in [-0.2, 0) is 4.74 Å². The summed E-state index contributed by atoms with van der Waals surface area (Å²) in [5.74, 6) is 0.485. The zero-order chi connectivity index (χ0) is 16.8. The number of methoxy groups -OCH3 is 1. The Morgan fingerprint density at radius 3 is 2.83 bits per heavy atom. The van der Waals surface area contributed by atoms with Crippen molar-refractivity contribution in [2.24, 2.45) is 0 Å². The number of fused-ring (bicyclic) bond motifs is 1. The Labute approximate surface area is 144 Å². The first kappa shape index (κ1) is 17.8. The molecule has 1 aromatic heterocycles. The Balaban J connectivity index is 2.27. The molecule has 23 heavy (non-hydrogen) atoms. The molecule has 2 aromatic rings. The molecular weight excluding hydrogens is 362 g/mol. The van der Waals surface area contributed by atoms with Crippen molar-refractivity contribution < 1.29 is 18.7 Å². The van der Waals surface area contributed by atoms with Gasteiger partial charge in [-0.15, -0.1) is 0 Å². The molecule has 0 fully saturated rings. The lowest BCUT2D eigenvalue weighted by Gasteiger charge is -2.14. The van der Waals surface area contributed by atoms with E-state index in [9.17, 15) is 4.79 Å². The maximum atomic E-state index is 12.4. The Kier molecular flexibility index (Phi) is 6.47. The Morgan fingerprint density at radius 2 is 2.13 bits per heavy atom. The van der Waals surface area contributed by atoms with Crippen LogP contribution in [0.4, 0.5) is 0 Å². The van der Waals surface area contributed by atoms with Gasteiger partial charge in [0.25, 0.3) is 5.91 Å². The predicted molar refractivity (Wildman–Crippen MR) is 93.1 cm³/mol. The average molecular weight is 384 g/mol. The molecule has 1 unspecified atom stereocenters. The van der Waals surface area contributed by atoms with Crippen molar-refractivity contribution in [3.8, 4) is 5.75 Å². The molecule has 1 N–H and O–H groups in total. The van der Waals surface area contributed by atoms with Gasteiger partial charge < -0.3 is 19.2 Å². The summed E-state index contributed by atoms with van der Waals surface area (Å²) in [4.78, 5) is 12.4. The molecule has 1 amide bonds. The second kappa shape index (κ2) is 8.36. The summed E-state index contributed by atoms with van der Waals surface area (Å²) in [5, 5.41) is 3.82. The highest BCUT2D eigenvalue weighted by Gasteiger charge is 2.16. The van der Waals surface area contributed by atoms with E-state index in [1.165, 1.54) is 0 Å². The lowest BCUT2D eigenvalue weighted by atomic mass is 10.1. The minimum atomic E-state index is -0.128. The van der Waals surface area contributed by atoms with E-state index in [0.29, 0.717) is 34.8 Å². The second-order valence-electron chi connectivity index (χ2n) is 5.44. The molecule has 0 aliphatic rings. The number of amides is 1. The third-order valence-electron chi connectivity index (χ3n) is 3.48. The fourth-order valence-corrected chi connectivity index (χ4v) is 2.78. The van der Waals surface area contributed by atoms with E-state index in [0.717, 1.165) is 18.2 Å². The van der Waals surface area contributed by atoms with E-state index < -0.39 is 0 Å². The zero-order valence-electron chi connectivity index (χ0n) is 13.6. The molecule has 0 aliphatic heterocycles. The van der Waals surface area contributed by atoms with Crippen LogP contribution in [0.15, 0.2) is 27.3 Å². The van der Waals surface area contributed by atoms with Crippen LogP contribution in [0.1, 0.15) is 37.0 Å². The zero-order valence-corrected chi connectivity index (χ0v) is 15.2. The van der Waals surface area contributed by atoms with Crippen LogP contribution < -0.4 is 10.1 Å². The van der Waals surface area contributed by atoms with Crippen LogP contribution in [-0.4, -0.2) is 32.3 Å². The molecule has 0 aliphatic carbocycles. The Bertz CT molecular complexity index is 668. The van der Waals surface area contributed by atoms with E-state index >= 15 is 0 Å². The van der Waals surface area contributed by atoms with Gasteiger partial charge in [0.2, 0.25) is 0 Å². The number of carbonyl (C=O) groups is 1. The highest BCUT2D eigenvalue weighted by atomic mass is 79.9. The topological polar surface area (TPSA) is 60.7 Å². The van der Waals surface area contributed by atoms with Gasteiger partial charge in [-0.2, -0.15) is 0 Å². The number of carbonyl (C=O) groups excluding carboxylic acids is 1. The number of hydrogen-bond acceptors (Lipinski definition) is 4. The summed E-state index contributed by atoms with van der Waals surface area (Å²) in [6, 6.07) is 5.44. The average Bonchev–Trinajstić information content (AvgIpc) is 2.87. The number of benzene rings is 1. The number of furan rings is 1. The lowest BCUT2D eigenvalue weighted by molar-refractivity contribution is 0.0937.